The smallest absolute Gasteiger partial charge is 0.272 e. The van der Waals surface area contributed by atoms with Crippen LogP contribution in [-0.2, 0) is 12.8 Å². The summed E-state index contributed by atoms with van der Waals surface area (Å²) in [7, 11) is 0. The third kappa shape index (κ3) is 2.46. The van der Waals surface area contributed by atoms with Gasteiger partial charge in [-0.05, 0) is 49.8 Å². The van der Waals surface area contributed by atoms with E-state index in [2.05, 4.69) is 11.1 Å². The van der Waals surface area contributed by atoms with Crippen LogP contribution in [0.15, 0.2) is 36.9 Å². The number of nitrogens with zero attached hydrogens (tertiary/aromatic N) is 2. The maximum atomic E-state index is 12.2. The van der Waals surface area contributed by atoms with Gasteiger partial charge in [-0.3, -0.25) is 9.36 Å². The van der Waals surface area contributed by atoms with Gasteiger partial charge in [0.25, 0.3) is 5.91 Å². The fourth-order valence-corrected chi connectivity index (χ4v) is 2.70. The van der Waals surface area contributed by atoms with Gasteiger partial charge in [0.15, 0.2) is 6.10 Å². The summed E-state index contributed by atoms with van der Waals surface area (Å²) in [6.07, 6.45) is 8.79. The van der Waals surface area contributed by atoms with Gasteiger partial charge in [-0.25, -0.2) is 4.98 Å². The highest BCUT2D eigenvalue weighted by Crippen LogP contribution is 2.30. The minimum Gasteiger partial charge on any atom is -0.481 e. The van der Waals surface area contributed by atoms with Crippen LogP contribution in [0.25, 0.3) is 0 Å². The lowest BCUT2D eigenvalue weighted by Gasteiger charge is -2.21. The van der Waals surface area contributed by atoms with Gasteiger partial charge in [-0.2, -0.15) is 0 Å². The second-order valence-corrected chi connectivity index (χ2v) is 5.17. The van der Waals surface area contributed by atoms with E-state index in [4.69, 9.17) is 4.74 Å². The topological polar surface area (TPSA) is 44.1 Å². The van der Waals surface area contributed by atoms with Crippen molar-refractivity contribution in [2.24, 2.45) is 0 Å². The second kappa shape index (κ2) is 5.49. The Morgan fingerprint density at radius 1 is 1.35 bits per heavy atom. The molecule has 4 nitrogen and oxygen atoms in total. The van der Waals surface area contributed by atoms with Gasteiger partial charge < -0.3 is 4.74 Å². The van der Waals surface area contributed by atoms with Gasteiger partial charge in [0, 0.05) is 12.4 Å². The minimum absolute atomic E-state index is 0.101. The molecule has 1 aromatic heterocycles. The Hall–Kier alpha value is -2.10. The lowest BCUT2D eigenvalue weighted by molar-refractivity contribution is 0.0725. The third-order valence-corrected chi connectivity index (χ3v) is 3.76. The van der Waals surface area contributed by atoms with Crippen molar-refractivity contribution < 1.29 is 9.53 Å². The quantitative estimate of drug-likeness (QED) is 0.861. The third-order valence-electron chi connectivity index (χ3n) is 3.76. The molecule has 2 aromatic rings. The molecule has 104 valence electrons. The summed E-state index contributed by atoms with van der Waals surface area (Å²) in [4.78, 5) is 16.1. The molecular weight excluding hydrogens is 252 g/mol. The van der Waals surface area contributed by atoms with Gasteiger partial charge >= 0.3 is 0 Å². The van der Waals surface area contributed by atoms with Crippen LogP contribution >= 0.6 is 0 Å². The van der Waals surface area contributed by atoms with E-state index in [1.807, 2.05) is 12.1 Å². The van der Waals surface area contributed by atoms with E-state index in [9.17, 15) is 4.79 Å². The molecule has 1 aliphatic carbocycles. The normalized spacial score (nSPS) is 15.4. The predicted molar refractivity (Wildman–Crippen MR) is 76.0 cm³/mol. The van der Waals surface area contributed by atoms with Crippen molar-refractivity contribution in [1.82, 2.24) is 9.55 Å². The molecule has 1 aliphatic rings. The molecule has 1 heterocycles. The Balaban J connectivity index is 1.79. The zero-order chi connectivity index (χ0) is 13.9. The first-order chi connectivity index (χ1) is 9.75. The lowest BCUT2D eigenvalue weighted by Crippen LogP contribution is -2.29. The van der Waals surface area contributed by atoms with Crippen molar-refractivity contribution in [3.8, 4) is 5.75 Å². The van der Waals surface area contributed by atoms with Crippen LogP contribution in [0.5, 0.6) is 5.75 Å². The molecule has 0 fully saturated rings. The average Bonchev–Trinajstić information content (AvgIpc) is 3.01. The summed E-state index contributed by atoms with van der Waals surface area (Å²) in [5.74, 6) is 0.749. The van der Waals surface area contributed by atoms with E-state index in [1.165, 1.54) is 34.9 Å². The summed E-state index contributed by atoms with van der Waals surface area (Å²) >= 11 is 0. The van der Waals surface area contributed by atoms with E-state index in [0.717, 1.165) is 18.6 Å². The summed E-state index contributed by atoms with van der Waals surface area (Å²) in [6.45, 7) is 1.78. The number of hydrogen-bond acceptors (Lipinski definition) is 3. The number of ether oxygens (including phenoxy) is 1. The van der Waals surface area contributed by atoms with Crippen molar-refractivity contribution in [2.75, 3.05) is 0 Å². The van der Waals surface area contributed by atoms with Gasteiger partial charge in [-0.1, -0.05) is 12.1 Å². The molecule has 3 rings (SSSR count). The SMILES string of the molecule is CC(Oc1cccc2c1CCCC2)C(=O)n1ccnc1. The van der Waals surface area contributed by atoms with Gasteiger partial charge in [0.05, 0.1) is 0 Å². The highest BCUT2D eigenvalue weighted by atomic mass is 16.5. The molecule has 0 aliphatic heterocycles. The number of hydrogen-bond donors (Lipinski definition) is 0. The number of benzene rings is 1. The first kappa shape index (κ1) is 12.9. The number of carbonyl (C=O) groups excluding carboxylic acids is 1. The van der Waals surface area contributed by atoms with Crippen LogP contribution in [0.2, 0.25) is 0 Å². The molecule has 1 unspecified atom stereocenters. The fourth-order valence-electron chi connectivity index (χ4n) is 2.70. The number of aryl methyl sites for hydroxylation is 1. The number of rotatable bonds is 3. The van der Waals surface area contributed by atoms with E-state index in [0.29, 0.717) is 0 Å². The van der Waals surface area contributed by atoms with Crippen molar-refractivity contribution in [3.63, 3.8) is 0 Å². The predicted octanol–water partition coefficient (Wildman–Crippen LogP) is 2.87. The van der Waals surface area contributed by atoms with Crippen molar-refractivity contribution in [2.45, 2.75) is 38.7 Å². The Morgan fingerprint density at radius 2 is 2.20 bits per heavy atom. The summed E-state index contributed by atoms with van der Waals surface area (Å²) < 4.78 is 7.36. The highest BCUT2D eigenvalue weighted by molar-refractivity contribution is 5.83. The van der Waals surface area contributed by atoms with Crippen molar-refractivity contribution in [1.29, 1.82) is 0 Å². The fraction of sp³-hybridized carbons (Fsp3) is 0.375. The van der Waals surface area contributed by atoms with Crippen LogP contribution in [0.4, 0.5) is 0 Å². The van der Waals surface area contributed by atoms with Crippen LogP contribution < -0.4 is 4.74 Å². The zero-order valence-electron chi connectivity index (χ0n) is 11.6. The van der Waals surface area contributed by atoms with E-state index in [-0.39, 0.29) is 5.91 Å². The Labute approximate surface area is 118 Å². The van der Waals surface area contributed by atoms with Crippen LogP contribution in [0, 0.1) is 0 Å². The Morgan fingerprint density at radius 3 is 3.00 bits per heavy atom. The maximum Gasteiger partial charge on any atom is 0.272 e. The molecule has 1 aromatic carbocycles. The van der Waals surface area contributed by atoms with Crippen LogP contribution in [0.3, 0.4) is 0 Å². The standard InChI is InChI=1S/C16H18N2O2/c1-12(16(19)18-10-9-17-11-18)20-15-8-4-6-13-5-2-3-7-14(13)15/h4,6,8-12H,2-3,5,7H2,1H3. The molecular formula is C16H18N2O2. The monoisotopic (exact) mass is 270 g/mol. The number of carbonyl (C=O) groups is 1. The molecule has 0 bridgehead atoms. The molecule has 0 radical (unpaired) electrons. The first-order valence-corrected chi connectivity index (χ1v) is 7.05. The van der Waals surface area contributed by atoms with Crippen LogP contribution in [-0.4, -0.2) is 21.6 Å². The van der Waals surface area contributed by atoms with Crippen molar-refractivity contribution >= 4 is 5.91 Å². The van der Waals surface area contributed by atoms with Crippen LogP contribution in [0.1, 0.15) is 35.7 Å². The number of fused-ring (bicyclic) bond motifs is 1. The second-order valence-electron chi connectivity index (χ2n) is 5.17. The van der Waals surface area contributed by atoms with Crippen molar-refractivity contribution in [3.05, 3.63) is 48.0 Å². The van der Waals surface area contributed by atoms with E-state index < -0.39 is 6.10 Å². The van der Waals surface area contributed by atoms with Gasteiger partial charge in [0.1, 0.15) is 12.1 Å². The molecule has 0 saturated heterocycles. The zero-order valence-corrected chi connectivity index (χ0v) is 11.6. The number of imidazole rings is 1. The van der Waals surface area contributed by atoms with E-state index >= 15 is 0 Å². The Kier molecular flexibility index (Phi) is 3.54. The first-order valence-electron chi connectivity index (χ1n) is 7.05. The highest BCUT2D eigenvalue weighted by Gasteiger charge is 2.20. The number of aromatic nitrogens is 2. The lowest BCUT2D eigenvalue weighted by atomic mass is 9.91. The minimum atomic E-state index is -0.516. The summed E-state index contributed by atoms with van der Waals surface area (Å²) in [6, 6.07) is 6.12. The maximum absolute atomic E-state index is 12.2. The van der Waals surface area contributed by atoms with E-state index in [1.54, 1.807) is 19.3 Å². The molecule has 0 saturated carbocycles. The summed E-state index contributed by atoms with van der Waals surface area (Å²) in [5.41, 5.74) is 2.63. The molecule has 0 amide bonds. The largest absolute Gasteiger partial charge is 0.481 e. The van der Waals surface area contributed by atoms with Gasteiger partial charge in [-0.15, -0.1) is 0 Å². The van der Waals surface area contributed by atoms with Gasteiger partial charge in [0.2, 0.25) is 0 Å². The Bertz CT molecular complexity index is 605. The molecule has 1 atom stereocenters. The molecule has 20 heavy (non-hydrogen) atoms. The molecule has 0 spiro atoms. The summed E-state index contributed by atoms with van der Waals surface area (Å²) in [5, 5.41) is 0. The molecule has 0 N–H and O–H groups in total. The average molecular weight is 270 g/mol. The molecule has 4 heteroatoms.